The Morgan fingerprint density at radius 1 is 1.14 bits per heavy atom. The molecule has 2 rings (SSSR count). The molecule has 14 heavy (non-hydrogen) atoms. The van der Waals surface area contributed by atoms with Crippen molar-refractivity contribution in [2.24, 2.45) is 0 Å². The predicted octanol–water partition coefficient (Wildman–Crippen LogP) is 2.11. The lowest BCUT2D eigenvalue weighted by Crippen LogP contribution is -2.17. The third kappa shape index (κ3) is 2.93. The van der Waals surface area contributed by atoms with Crippen LogP contribution >= 0.6 is 24.8 Å². The van der Waals surface area contributed by atoms with Crippen LogP contribution in [-0.2, 0) is 0 Å². The molecule has 0 spiro atoms. The molecule has 1 aromatic heterocycles. The highest BCUT2D eigenvalue weighted by molar-refractivity contribution is 5.85. The molecule has 0 radical (unpaired) electrons. The van der Waals surface area contributed by atoms with Crippen LogP contribution in [0, 0.1) is 0 Å². The molecule has 80 valence electrons. The van der Waals surface area contributed by atoms with Crippen molar-refractivity contribution < 1.29 is 0 Å². The molecular formula is C9H15Cl2N3. The second-order valence-electron chi connectivity index (χ2n) is 3.14. The monoisotopic (exact) mass is 235 g/mol. The zero-order valence-electron chi connectivity index (χ0n) is 7.85. The fraction of sp³-hybridized carbons (Fsp3) is 0.444. The van der Waals surface area contributed by atoms with E-state index in [9.17, 15) is 0 Å². The maximum absolute atomic E-state index is 5.50. The van der Waals surface area contributed by atoms with Crippen LogP contribution in [0.4, 0.5) is 11.5 Å². The zero-order valence-corrected chi connectivity index (χ0v) is 9.48. The third-order valence-electron chi connectivity index (χ3n) is 2.24. The van der Waals surface area contributed by atoms with E-state index >= 15 is 0 Å². The average molecular weight is 236 g/mol. The molecule has 1 aromatic rings. The van der Waals surface area contributed by atoms with Crippen molar-refractivity contribution in [3.63, 3.8) is 0 Å². The maximum atomic E-state index is 5.50. The molecule has 0 saturated carbocycles. The summed E-state index contributed by atoms with van der Waals surface area (Å²) < 4.78 is 0. The van der Waals surface area contributed by atoms with Crippen LogP contribution in [0.2, 0.25) is 0 Å². The van der Waals surface area contributed by atoms with Gasteiger partial charge in [0.05, 0.1) is 11.9 Å². The Balaban J connectivity index is 0.000000845. The highest BCUT2D eigenvalue weighted by Crippen LogP contribution is 2.18. The summed E-state index contributed by atoms with van der Waals surface area (Å²) in [6.07, 6.45) is 4.44. The van der Waals surface area contributed by atoms with Crippen LogP contribution < -0.4 is 10.6 Å². The molecule has 2 heterocycles. The first kappa shape index (κ1) is 13.3. The van der Waals surface area contributed by atoms with Gasteiger partial charge < -0.3 is 10.6 Å². The zero-order chi connectivity index (χ0) is 8.39. The number of nitrogens with zero attached hydrogens (tertiary/aromatic N) is 2. The van der Waals surface area contributed by atoms with Crippen LogP contribution in [0.25, 0.3) is 0 Å². The SMILES string of the molecule is Cl.Cl.Nc1ccc(N2CCCC2)cn1. The van der Waals surface area contributed by atoms with Gasteiger partial charge in [0.2, 0.25) is 0 Å². The van der Waals surface area contributed by atoms with Gasteiger partial charge in [0.15, 0.2) is 0 Å². The van der Waals surface area contributed by atoms with Gasteiger partial charge in [0.25, 0.3) is 0 Å². The molecule has 0 atom stereocenters. The lowest BCUT2D eigenvalue weighted by molar-refractivity contribution is 0.949. The van der Waals surface area contributed by atoms with E-state index in [1.807, 2.05) is 18.3 Å². The molecule has 1 aliphatic rings. The summed E-state index contributed by atoms with van der Waals surface area (Å²) in [5.74, 6) is 0.595. The first-order chi connectivity index (χ1) is 5.86. The van der Waals surface area contributed by atoms with E-state index in [0.29, 0.717) is 5.82 Å². The van der Waals surface area contributed by atoms with Crippen LogP contribution in [0.1, 0.15) is 12.8 Å². The lowest BCUT2D eigenvalue weighted by atomic mass is 10.4. The summed E-state index contributed by atoms with van der Waals surface area (Å²) in [5.41, 5.74) is 6.69. The Hall–Kier alpha value is -0.670. The number of aromatic nitrogens is 1. The summed E-state index contributed by atoms with van der Waals surface area (Å²) in [6, 6.07) is 3.89. The number of anilines is 2. The molecule has 0 unspecified atom stereocenters. The maximum Gasteiger partial charge on any atom is 0.123 e. The van der Waals surface area contributed by atoms with E-state index in [2.05, 4.69) is 9.88 Å². The summed E-state index contributed by atoms with van der Waals surface area (Å²) >= 11 is 0. The molecular weight excluding hydrogens is 221 g/mol. The second kappa shape index (κ2) is 5.94. The largest absolute Gasteiger partial charge is 0.384 e. The topological polar surface area (TPSA) is 42.1 Å². The van der Waals surface area contributed by atoms with Crippen molar-refractivity contribution in [1.82, 2.24) is 4.98 Å². The Labute approximate surface area is 96.5 Å². The van der Waals surface area contributed by atoms with Crippen LogP contribution in [0.3, 0.4) is 0 Å². The van der Waals surface area contributed by atoms with E-state index in [-0.39, 0.29) is 24.8 Å². The standard InChI is InChI=1S/C9H13N3.2ClH/c10-9-4-3-8(7-11-9)12-5-1-2-6-12;;/h3-4,7H,1-2,5-6H2,(H2,10,11);2*1H. The van der Waals surface area contributed by atoms with Crippen molar-refractivity contribution in [3.05, 3.63) is 18.3 Å². The fourth-order valence-corrected chi connectivity index (χ4v) is 1.56. The molecule has 1 saturated heterocycles. The van der Waals surface area contributed by atoms with Gasteiger partial charge in [0, 0.05) is 13.1 Å². The quantitative estimate of drug-likeness (QED) is 0.811. The minimum Gasteiger partial charge on any atom is -0.384 e. The third-order valence-corrected chi connectivity index (χ3v) is 2.24. The Morgan fingerprint density at radius 2 is 1.79 bits per heavy atom. The number of pyridine rings is 1. The number of nitrogen functional groups attached to an aromatic ring is 1. The van der Waals surface area contributed by atoms with Gasteiger partial charge in [-0.3, -0.25) is 0 Å². The van der Waals surface area contributed by atoms with E-state index < -0.39 is 0 Å². The Bertz CT molecular complexity index is 257. The van der Waals surface area contributed by atoms with Crippen molar-refractivity contribution in [2.75, 3.05) is 23.7 Å². The molecule has 0 aliphatic carbocycles. The van der Waals surface area contributed by atoms with Crippen molar-refractivity contribution >= 4 is 36.3 Å². The van der Waals surface area contributed by atoms with Gasteiger partial charge >= 0.3 is 0 Å². The van der Waals surface area contributed by atoms with Gasteiger partial charge in [-0.25, -0.2) is 4.98 Å². The molecule has 0 bridgehead atoms. The second-order valence-corrected chi connectivity index (χ2v) is 3.14. The number of rotatable bonds is 1. The van der Waals surface area contributed by atoms with Gasteiger partial charge in [-0.1, -0.05) is 0 Å². The fourth-order valence-electron chi connectivity index (χ4n) is 1.56. The van der Waals surface area contributed by atoms with E-state index in [1.54, 1.807) is 0 Å². The molecule has 0 amide bonds. The highest BCUT2D eigenvalue weighted by Gasteiger charge is 2.11. The van der Waals surface area contributed by atoms with Crippen molar-refractivity contribution in [1.29, 1.82) is 0 Å². The Kier molecular flexibility index (Phi) is 5.65. The van der Waals surface area contributed by atoms with Crippen LogP contribution in [-0.4, -0.2) is 18.1 Å². The summed E-state index contributed by atoms with van der Waals surface area (Å²) in [6.45, 7) is 2.32. The lowest BCUT2D eigenvalue weighted by Gasteiger charge is -2.16. The van der Waals surface area contributed by atoms with E-state index in [0.717, 1.165) is 13.1 Å². The number of hydrogen-bond acceptors (Lipinski definition) is 3. The first-order valence-electron chi connectivity index (χ1n) is 4.33. The normalized spacial score (nSPS) is 14.4. The molecule has 5 heteroatoms. The summed E-state index contributed by atoms with van der Waals surface area (Å²) in [4.78, 5) is 6.40. The molecule has 2 N–H and O–H groups in total. The van der Waals surface area contributed by atoms with Gasteiger partial charge in [-0.2, -0.15) is 0 Å². The molecule has 3 nitrogen and oxygen atoms in total. The molecule has 1 aliphatic heterocycles. The summed E-state index contributed by atoms with van der Waals surface area (Å²) in [7, 11) is 0. The minimum absolute atomic E-state index is 0. The van der Waals surface area contributed by atoms with Gasteiger partial charge in [-0.15, -0.1) is 24.8 Å². The van der Waals surface area contributed by atoms with Gasteiger partial charge in [0.1, 0.15) is 5.82 Å². The van der Waals surface area contributed by atoms with Crippen molar-refractivity contribution in [2.45, 2.75) is 12.8 Å². The highest BCUT2D eigenvalue weighted by atomic mass is 35.5. The average Bonchev–Trinajstić information content (AvgIpc) is 2.58. The van der Waals surface area contributed by atoms with E-state index in [1.165, 1.54) is 18.5 Å². The molecule has 1 fully saturated rings. The predicted molar refractivity (Wildman–Crippen MR) is 64.6 cm³/mol. The number of nitrogens with two attached hydrogens (primary N) is 1. The van der Waals surface area contributed by atoms with Crippen LogP contribution in [0.15, 0.2) is 18.3 Å². The minimum atomic E-state index is 0. The van der Waals surface area contributed by atoms with E-state index in [4.69, 9.17) is 5.73 Å². The number of halogens is 2. The van der Waals surface area contributed by atoms with Gasteiger partial charge in [-0.05, 0) is 25.0 Å². The van der Waals surface area contributed by atoms with Crippen molar-refractivity contribution in [3.8, 4) is 0 Å². The smallest absolute Gasteiger partial charge is 0.123 e. The Morgan fingerprint density at radius 3 is 2.29 bits per heavy atom. The number of hydrogen-bond donors (Lipinski definition) is 1. The summed E-state index contributed by atoms with van der Waals surface area (Å²) in [5, 5.41) is 0. The van der Waals surface area contributed by atoms with Crippen LogP contribution in [0.5, 0.6) is 0 Å². The molecule has 0 aromatic carbocycles. The first-order valence-corrected chi connectivity index (χ1v) is 4.33.